The van der Waals surface area contributed by atoms with E-state index in [9.17, 15) is 30.0 Å². The molecule has 0 radical (unpaired) electrons. The number of H-pyrrole nitrogens is 1. The number of nitrogens with two attached hydrogens (primary N) is 1. The van der Waals surface area contributed by atoms with Gasteiger partial charge in [0, 0.05) is 5.56 Å². The molecule has 0 saturated carbocycles. The predicted molar refractivity (Wildman–Crippen MR) is 117 cm³/mol. The van der Waals surface area contributed by atoms with Crippen LogP contribution in [0.25, 0.3) is 22.2 Å². The Labute approximate surface area is 192 Å². The highest BCUT2D eigenvalue weighted by atomic mass is 32.2. The van der Waals surface area contributed by atoms with Gasteiger partial charge in [0.1, 0.15) is 18.2 Å². The number of nitrogens with zero attached hydrogens (tertiary/aromatic N) is 1. The average molecular weight is 512 g/mol. The summed E-state index contributed by atoms with van der Waals surface area (Å²) in [4.78, 5) is 6.50. The molecule has 4 aromatic rings. The van der Waals surface area contributed by atoms with E-state index in [1.54, 1.807) is 36.4 Å². The minimum atomic E-state index is -5.44. The van der Waals surface area contributed by atoms with Crippen LogP contribution in [0.4, 0.5) is 13.2 Å². The number of primary sulfonamides is 1. The summed E-state index contributed by atoms with van der Waals surface area (Å²) in [6, 6.07) is 15.2. The van der Waals surface area contributed by atoms with Crippen LogP contribution in [0.1, 0.15) is 5.82 Å². The average Bonchev–Trinajstić information content (AvgIpc) is 3.19. The summed E-state index contributed by atoms with van der Waals surface area (Å²) < 4.78 is 90.0. The highest BCUT2D eigenvalue weighted by Crippen LogP contribution is 2.31. The number of halogens is 3. The van der Waals surface area contributed by atoms with E-state index in [0.717, 1.165) is 24.3 Å². The Hall–Kier alpha value is -3.42. The molecule has 4 rings (SSSR count). The number of hydrogen-bond acceptors (Lipinski definition) is 6. The molecule has 0 spiro atoms. The fourth-order valence-electron chi connectivity index (χ4n) is 3.25. The minimum Gasteiger partial charge on any atom is -0.486 e. The van der Waals surface area contributed by atoms with Gasteiger partial charge in [-0.2, -0.15) is 13.2 Å². The molecule has 1 aromatic heterocycles. The highest BCUT2D eigenvalue weighted by Gasteiger charge is 2.46. The lowest BCUT2D eigenvalue weighted by Gasteiger charge is -2.09. The lowest BCUT2D eigenvalue weighted by molar-refractivity contribution is -0.0436. The van der Waals surface area contributed by atoms with Gasteiger partial charge in [-0.3, -0.25) is 0 Å². The standard InChI is InChI=1S/C21H16F3N3O5S2/c22-21(23,24)33(28,29)15-8-6-14(7-9-15)32-12-20-26-17-10-5-13(11-18(17)27-20)16-3-1-2-4-19(16)34(25,30)31/h1-11H,12H2,(H,26,27)(H2,25,30,31). The van der Waals surface area contributed by atoms with E-state index in [1.807, 2.05) is 0 Å². The van der Waals surface area contributed by atoms with Crippen molar-refractivity contribution in [1.82, 2.24) is 9.97 Å². The number of benzene rings is 3. The molecule has 0 saturated heterocycles. The van der Waals surface area contributed by atoms with Crippen LogP contribution in [0.2, 0.25) is 0 Å². The fraction of sp³-hybridized carbons (Fsp3) is 0.0952. The van der Waals surface area contributed by atoms with E-state index >= 15 is 0 Å². The van der Waals surface area contributed by atoms with Gasteiger partial charge >= 0.3 is 5.51 Å². The van der Waals surface area contributed by atoms with Crippen molar-refractivity contribution >= 4 is 30.9 Å². The number of aromatic nitrogens is 2. The molecule has 0 bridgehead atoms. The van der Waals surface area contributed by atoms with Crippen molar-refractivity contribution in [3.63, 3.8) is 0 Å². The summed E-state index contributed by atoms with van der Waals surface area (Å²) in [6.45, 7) is -0.0802. The third-order valence-electron chi connectivity index (χ3n) is 4.85. The van der Waals surface area contributed by atoms with Crippen molar-refractivity contribution in [3.8, 4) is 16.9 Å². The normalized spacial score (nSPS) is 12.7. The van der Waals surface area contributed by atoms with Crippen LogP contribution < -0.4 is 9.88 Å². The largest absolute Gasteiger partial charge is 0.501 e. The first-order valence-electron chi connectivity index (χ1n) is 9.51. The van der Waals surface area contributed by atoms with Crippen molar-refractivity contribution in [1.29, 1.82) is 0 Å². The molecular weight excluding hydrogens is 495 g/mol. The lowest BCUT2D eigenvalue weighted by Crippen LogP contribution is -2.23. The number of fused-ring (bicyclic) bond motifs is 1. The Morgan fingerprint density at radius 3 is 2.26 bits per heavy atom. The van der Waals surface area contributed by atoms with Gasteiger partial charge in [0.05, 0.1) is 20.8 Å². The minimum absolute atomic E-state index is 0.0237. The van der Waals surface area contributed by atoms with Crippen molar-refractivity contribution in [2.75, 3.05) is 0 Å². The van der Waals surface area contributed by atoms with Crippen LogP contribution in [-0.2, 0) is 26.5 Å². The van der Waals surface area contributed by atoms with Crippen LogP contribution in [0, 0.1) is 0 Å². The zero-order valence-corrected chi connectivity index (χ0v) is 18.7. The lowest BCUT2D eigenvalue weighted by atomic mass is 10.1. The second-order valence-electron chi connectivity index (χ2n) is 7.17. The second-order valence-corrected chi connectivity index (χ2v) is 10.6. The van der Waals surface area contributed by atoms with Gasteiger partial charge in [-0.15, -0.1) is 0 Å². The SMILES string of the molecule is NS(=O)(=O)c1ccccc1-c1ccc2[nH]c(COc3ccc(S(=O)(=O)C(F)(F)F)cc3)nc2c1. The highest BCUT2D eigenvalue weighted by molar-refractivity contribution is 7.92. The molecule has 0 aliphatic rings. The molecular formula is C21H16F3N3O5S2. The number of sulfone groups is 1. The number of rotatable bonds is 6. The van der Waals surface area contributed by atoms with Crippen LogP contribution in [0.3, 0.4) is 0 Å². The smallest absolute Gasteiger partial charge is 0.486 e. The topological polar surface area (TPSA) is 132 Å². The molecule has 0 unspecified atom stereocenters. The Morgan fingerprint density at radius 2 is 1.62 bits per heavy atom. The van der Waals surface area contributed by atoms with Gasteiger partial charge in [-0.1, -0.05) is 24.3 Å². The summed E-state index contributed by atoms with van der Waals surface area (Å²) in [5.41, 5.74) is -3.23. The molecule has 13 heteroatoms. The van der Waals surface area contributed by atoms with Crippen LogP contribution >= 0.6 is 0 Å². The molecule has 178 valence electrons. The number of aromatic amines is 1. The third-order valence-corrected chi connectivity index (χ3v) is 7.32. The predicted octanol–water partition coefficient (Wildman–Crippen LogP) is 3.75. The summed E-state index contributed by atoms with van der Waals surface area (Å²) in [5.74, 6) is 0.531. The molecule has 0 amide bonds. The number of imidazole rings is 1. The monoisotopic (exact) mass is 511 g/mol. The van der Waals surface area contributed by atoms with Gasteiger partial charge < -0.3 is 9.72 Å². The van der Waals surface area contributed by atoms with E-state index in [2.05, 4.69) is 9.97 Å². The summed E-state index contributed by atoms with van der Waals surface area (Å²) in [5, 5.41) is 5.31. The summed E-state index contributed by atoms with van der Waals surface area (Å²) >= 11 is 0. The molecule has 0 aliphatic heterocycles. The Morgan fingerprint density at radius 1 is 0.941 bits per heavy atom. The molecule has 34 heavy (non-hydrogen) atoms. The maximum Gasteiger partial charge on any atom is 0.501 e. The van der Waals surface area contributed by atoms with Crippen molar-refractivity contribution in [2.24, 2.45) is 5.14 Å². The van der Waals surface area contributed by atoms with Gasteiger partial charge in [0.25, 0.3) is 9.84 Å². The second kappa shape index (κ2) is 8.42. The molecule has 1 heterocycles. The van der Waals surface area contributed by atoms with Crippen LogP contribution in [0.15, 0.2) is 76.5 Å². The first-order chi connectivity index (χ1) is 15.9. The van der Waals surface area contributed by atoms with Crippen LogP contribution in [0.5, 0.6) is 5.75 Å². The Balaban J connectivity index is 1.54. The molecule has 0 atom stereocenters. The molecule has 8 nitrogen and oxygen atoms in total. The maximum absolute atomic E-state index is 12.6. The molecule has 3 aromatic carbocycles. The van der Waals surface area contributed by atoms with E-state index in [0.29, 0.717) is 28.0 Å². The quantitative estimate of drug-likeness (QED) is 0.405. The van der Waals surface area contributed by atoms with Crippen molar-refractivity contribution < 1.29 is 34.7 Å². The molecule has 0 aliphatic carbocycles. The van der Waals surface area contributed by atoms with Crippen LogP contribution in [-0.4, -0.2) is 32.3 Å². The zero-order chi connectivity index (χ0) is 24.7. The van der Waals surface area contributed by atoms with Gasteiger partial charge in [-0.05, 0) is 48.0 Å². The number of alkyl halides is 3. The number of hydrogen-bond donors (Lipinski definition) is 2. The van der Waals surface area contributed by atoms with Crippen molar-refractivity contribution in [3.05, 3.63) is 72.6 Å². The van der Waals surface area contributed by atoms with E-state index < -0.39 is 30.3 Å². The van der Waals surface area contributed by atoms with E-state index in [4.69, 9.17) is 9.88 Å². The first-order valence-corrected chi connectivity index (χ1v) is 12.5. The van der Waals surface area contributed by atoms with Crippen molar-refractivity contribution in [2.45, 2.75) is 21.9 Å². The number of sulfonamides is 1. The van der Waals surface area contributed by atoms with Gasteiger partial charge in [-0.25, -0.2) is 27.0 Å². The molecule has 3 N–H and O–H groups in total. The van der Waals surface area contributed by atoms with E-state index in [1.165, 1.54) is 6.07 Å². The number of nitrogens with one attached hydrogen (secondary N) is 1. The Kier molecular flexibility index (Phi) is 5.87. The summed E-state index contributed by atoms with van der Waals surface area (Å²) in [6.07, 6.45) is 0. The van der Waals surface area contributed by atoms with E-state index in [-0.39, 0.29) is 17.3 Å². The fourth-order valence-corrected chi connectivity index (χ4v) is 4.77. The van der Waals surface area contributed by atoms with Gasteiger partial charge in [0.2, 0.25) is 10.0 Å². The maximum atomic E-state index is 12.6. The zero-order valence-electron chi connectivity index (χ0n) is 17.1. The molecule has 0 fully saturated rings. The first kappa shape index (κ1) is 23.7. The third kappa shape index (κ3) is 4.62. The van der Waals surface area contributed by atoms with Gasteiger partial charge in [0.15, 0.2) is 0 Å². The summed E-state index contributed by atoms with van der Waals surface area (Å²) in [7, 11) is -9.37. The Bertz CT molecular complexity index is 1580. The number of ether oxygens (including phenoxy) is 1.